The molecule has 0 saturated carbocycles. The van der Waals surface area contributed by atoms with E-state index in [0.717, 1.165) is 25.4 Å². The third-order valence-electron chi connectivity index (χ3n) is 3.34. The summed E-state index contributed by atoms with van der Waals surface area (Å²) in [6, 6.07) is 0.745. The van der Waals surface area contributed by atoms with Crippen LogP contribution in [0.5, 0.6) is 0 Å². The van der Waals surface area contributed by atoms with Gasteiger partial charge in [-0.25, -0.2) is 0 Å². The summed E-state index contributed by atoms with van der Waals surface area (Å²) < 4.78 is 0. The zero-order chi connectivity index (χ0) is 10.9. The molecular formula is C12H26N2O. The Labute approximate surface area is 93.6 Å². The van der Waals surface area contributed by atoms with Crippen molar-refractivity contribution in [3.63, 3.8) is 0 Å². The SMILES string of the molecule is NCCCCCN1CCCC1CCCO. The van der Waals surface area contributed by atoms with Gasteiger partial charge in [-0.3, -0.25) is 0 Å². The molecule has 3 nitrogen and oxygen atoms in total. The van der Waals surface area contributed by atoms with Gasteiger partial charge in [0.25, 0.3) is 0 Å². The highest BCUT2D eigenvalue weighted by molar-refractivity contribution is 4.78. The van der Waals surface area contributed by atoms with Gasteiger partial charge in [-0.1, -0.05) is 6.42 Å². The van der Waals surface area contributed by atoms with Crippen LogP contribution in [-0.4, -0.2) is 42.3 Å². The van der Waals surface area contributed by atoms with Gasteiger partial charge < -0.3 is 15.7 Å². The van der Waals surface area contributed by atoms with Crippen molar-refractivity contribution in [2.45, 2.75) is 51.0 Å². The molecule has 90 valence electrons. The molecular weight excluding hydrogens is 188 g/mol. The summed E-state index contributed by atoms with van der Waals surface area (Å²) in [5.74, 6) is 0. The number of likely N-dealkylation sites (tertiary alicyclic amines) is 1. The molecule has 0 bridgehead atoms. The number of hydrogen-bond acceptors (Lipinski definition) is 3. The fourth-order valence-electron chi connectivity index (χ4n) is 2.48. The van der Waals surface area contributed by atoms with E-state index >= 15 is 0 Å². The molecule has 0 aromatic carbocycles. The van der Waals surface area contributed by atoms with Gasteiger partial charge in [-0.15, -0.1) is 0 Å². The molecule has 0 aromatic heterocycles. The predicted octanol–water partition coefficient (Wildman–Crippen LogP) is 1.35. The number of aliphatic hydroxyl groups excluding tert-OH is 1. The average Bonchev–Trinajstić information content (AvgIpc) is 2.69. The monoisotopic (exact) mass is 214 g/mol. The number of nitrogens with zero attached hydrogens (tertiary/aromatic N) is 1. The third kappa shape index (κ3) is 4.96. The smallest absolute Gasteiger partial charge is 0.0431 e. The lowest BCUT2D eigenvalue weighted by Gasteiger charge is -2.24. The van der Waals surface area contributed by atoms with E-state index in [1.165, 1.54) is 45.2 Å². The lowest BCUT2D eigenvalue weighted by atomic mass is 10.1. The van der Waals surface area contributed by atoms with Crippen molar-refractivity contribution in [3.05, 3.63) is 0 Å². The normalized spacial score (nSPS) is 22.4. The number of hydrogen-bond donors (Lipinski definition) is 2. The third-order valence-corrected chi connectivity index (χ3v) is 3.34. The molecule has 1 atom stereocenters. The van der Waals surface area contributed by atoms with Crippen LogP contribution < -0.4 is 5.73 Å². The standard InChI is InChI=1S/C12H26N2O/c13-8-2-1-3-9-14-10-4-6-12(14)7-5-11-15/h12,15H,1-11,13H2. The van der Waals surface area contributed by atoms with Crippen LogP contribution in [0.15, 0.2) is 0 Å². The minimum atomic E-state index is 0.345. The van der Waals surface area contributed by atoms with Gasteiger partial charge in [0.05, 0.1) is 0 Å². The molecule has 1 saturated heterocycles. The second-order valence-electron chi connectivity index (χ2n) is 4.55. The second-order valence-corrected chi connectivity index (χ2v) is 4.55. The van der Waals surface area contributed by atoms with Crippen molar-refractivity contribution in [3.8, 4) is 0 Å². The Hall–Kier alpha value is -0.120. The van der Waals surface area contributed by atoms with Crippen molar-refractivity contribution < 1.29 is 5.11 Å². The Morgan fingerprint density at radius 2 is 2.07 bits per heavy atom. The van der Waals surface area contributed by atoms with E-state index in [2.05, 4.69) is 4.90 Å². The van der Waals surface area contributed by atoms with Crippen LogP contribution >= 0.6 is 0 Å². The maximum absolute atomic E-state index is 8.83. The van der Waals surface area contributed by atoms with E-state index < -0.39 is 0 Å². The van der Waals surface area contributed by atoms with Crippen molar-refractivity contribution in [2.75, 3.05) is 26.2 Å². The van der Waals surface area contributed by atoms with E-state index in [4.69, 9.17) is 10.8 Å². The first kappa shape index (κ1) is 12.9. The number of aliphatic hydroxyl groups is 1. The molecule has 3 N–H and O–H groups in total. The van der Waals surface area contributed by atoms with Crippen LogP contribution in [0.2, 0.25) is 0 Å². The summed E-state index contributed by atoms with van der Waals surface area (Å²) in [6.07, 6.45) is 8.52. The van der Waals surface area contributed by atoms with Gasteiger partial charge in [0.2, 0.25) is 0 Å². The molecule has 3 heteroatoms. The van der Waals surface area contributed by atoms with Gasteiger partial charge in [0, 0.05) is 12.6 Å². The molecule has 0 radical (unpaired) electrons. The van der Waals surface area contributed by atoms with Gasteiger partial charge in [0.1, 0.15) is 0 Å². The van der Waals surface area contributed by atoms with Crippen LogP contribution in [-0.2, 0) is 0 Å². The quantitative estimate of drug-likeness (QED) is 0.600. The van der Waals surface area contributed by atoms with Crippen molar-refractivity contribution in [1.29, 1.82) is 0 Å². The highest BCUT2D eigenvalue weighted by Gasteiger charge is 2.22. The van der Waals surface area contributed by atoms with Crippen molar-refractivity contribution in [1.82, 2.24) is 4.90 Å². The lowest BCUT2D eigenvalue weighted by Crippen LogP contribution is -2.30. The van der Waals surface area contributed by atoms with Crippen molar-refractivity contribution >= 4 is 0 Å². The fourth-order valence-corrected chi connectivity index (χ4v) is 2.48. The number of unbranched alkanes of at least 4 members (excludes halogenated alkanes) is 2. The summed E-state index contributed by atoms with van der Waals surface area (Å²) in [7, 11) is 0. The van der Waals surface area contributed by atoms with Gasteiger partial charge in [0.15, 0.2) is 0 Å². The molecule has 1 unspecified atom stereocenters. The molecule has 1 aliphatic heterocycles. The Bertz CT molecular complexity index is 153. The molecule has 0 aromatic rings. The summed E-state index contributed by atoms with van der Waals surface area (Å²) in [6.45, 7) is 3.67. The minimum Gasteiger partial charge on any atom is -0.396 e. The summed E-state index contributed by atoms with van der Waals surface area (Å²) in [4.78, 5) is 2.60. The topological polar surface area (TPSA) is 49.5 Å². The predicted molar refractivity (Wildman–Crippen MR) is 63.8 cm³/mol. The Balaban J connectivity index is 2.09. The molecule has 1 fully saturated rings. The van der Waals surface area contributed by atoms with Crippen LogP contribution in [0.25, 0.3) is 0 Å². The highest BCUT2D eigenvalue weighted by atomic mass is 16.2. The Kier molecular flexibility index (Phi) is 6.98. The number of nitrogens with two attached hydrogens (primary N) is 1. The summed E-state index contributed by atoms with van der Waals surface area (Å²) in [5, 5.41) is 8.83. The van der Waals surface area contributed by atoms with E-state index in [-0.39, 0.29) is 0 Å². The summed E-state index contributed by atoms with van der Waals surface area (Å²) in [5.41, 5.74) is 5.47. The zero-order valence-corrected chi connectivity index (χ0v) is 9.83. The van der Waals surface area contributed by atoms with E-state index in [1.807, 2.05) is 0 Å². The van der Waals surface area contributed by atoms with E-state index in [9.17, 15) is 0 Å². The molecule has 1 rings (SSSR count). The maximum Gasteiger partial charge on any atom is 0.0431 e. The number of rotatable bonds is 8. The molecule has 1 heterocycles. The first-order valence-corrected chi connectivity index (χ1v) is 6.43. The Morgan fingerprint density at radius 1 is 1.20 bits per heavy atom. The first-order chi connectivity index (χ1) is 7.38. The van der Waals surface area contributed by atoms with Gasteiger partial charge >= 0.3 is 0 Å². The summed E-state index contributed by atoms with van der Waals surface area (Å²) >= 11 is 0. The minimum absolute atomic E-state index is 0.345. The lowest BCUT2D eigenvalue weighted by molar-refractivity contribution is 0.213. The molecule has 15 heavy (non-hydrogen) atoms. The fraction of sp³-hybridized carbons (Fsp3) is 1.00. The molecule has 0 amide bonds. The Morgan fingerprint density at radius 3 is 2.80 bits per heavy atom. The van der Waals surface area contributed by atoms with E-state index in [0.29, 0.717) is 6.61 Å². The zero-order valence-electron chi connectivity index (χ0n) is 9.83. The van der Waals surface area contributed by atoms with Crippen LogP contribution in [0, 0.1) is 0 Å². The maximum atomic E-state index is 8.83. The second kappa shape index (κ2) is 8.08. The highest BCUT2D eigenvalue weighted by Crippen LogP contribution is 2.21. The van der Waals surface area contributed by atoms with Crippen molar-refractivity contribution in [2.24, 2.45) is 5.73 Å². The first-order valence-electron chi connectivity index (χ1n) is 6.43. The molecule has 0 aliphatic carbocycles. The molecule has 1 aliphatic rings. The van der Waals surface area contributed by atoms with E-state index in [1.54, 1.807) is 0 Å². The van der Waals surface area contributed by atoms with Gasteiger partial charge in [-0.2, -0.15) is 0 Å². The molecule has 0 spiro atoms. The van der Waals surface area contributed by atoms with Crippen LogP contribution in [0.3, 0.4) is 0 Å². The average molecular weight is 214 g/mol. The largest absolute Gasteiger partial charge is 0.396 e. The van der Waals surface area contributed by atoms with Gasteiger partial charge in [-0.05, 0) is 58.2 Å². The van der Waals surface area contributed by atoms with Crippen LogP contribution in [0.1, 0.15) is 44.9 Å². The van der Waals surface area contributed by atoms with Crippen LogP contribution in [0.4, 0.5) is 0 Å².